The molecule has 0 radical (unpaired) electrons. The van der Waals surface area contributed by atoms with Gasteiger partial charge in [-0.2, -0.15) is 0 Å². The van der Waals surface area contributed by atoms with E-state index in [9.17, 15) is 13.2 Å². The summed E-state index contributed by atoms with van der Waals surface area (Å²) in [5, 5.41) is 9.06. The molecule has 5 nitrogen and oxygen atoms in total. The fourth-order valence-electron chi connectivity index (χ4n) is 2.78. The van der Waals surface area contributed by atoms with E-state index in [0.717, 1.165) is 14.8 Å². The van der Waals surface area contributed by atoms with Gasteiger partial charge >= 0.3 is 0 Å². The van der Waals surface area contributed by atoms with Crippen LogP contribution in [-0.4, -0.2) is 14.3 Å². The Morgan fingerprint density at radius 2 is 1.81 bits per heavy atom. The molecule has 0 aliphatic carbocycles. The maximum atomic E-state index is 12.6. The Kier molecular flexibility index (Phi) is 4.28. The lowest BCUT2D eigenvalue weighted by Crippen LogP contribution is -2.15. The molecule has 2 aromatic heterocycles. The first-order valence-electron chi connectivity index (χ1n) is 7.71. The van der Waals surface area contributed by atoms with Gasteiger partial charge in [0.05, 0.1) is 15.3 Å². The van der Waals surface area contributed by atoms with E-state index in [-0.39, 0.29) is 11.7 Å². The average molecular weight is 403 g/mol. The second-order valence-corrected chi connectivity index (χ2v) is 9.61. The molecule has 4 aromatic rings. The van der Waals surface area contributed by atoms with Crippen molar-refractivity contribution in [2.24, 2.45) is 5.14 Å². The monoisotopic (exact) mass is 402 g/mol. The number of anilines is 1. The minimum atomic E-state index is -3.61. The quantitative estimate of drug-likeness (QED) is 0.537. The molecule has 0 aliphatic rings. The molecule has 3 N–H and O–H groups in total. The van der Waals surface area contributed by atoms with Gasteiger partial charge in [-0.3, -0.25) is 4.79 Å². The maximum Gasteiger partial charge on any atom is 0.265 e. The zero-order valence-corrected chi connectivity index (χ0v) is 15.9. The van der Waals surface area contributed by atoms with E-state index in [1.165, 1.54) is 16.0 Å². The number of carbonyl (C=O) groups excluding carboxylic acids is 1. The van der Waals surface area contributed by atoms with E-state index in [4.69, 9.17) is 5.14 Å². The van der Waals surface area contributed by atoms with Crippen LogP contribution in [0.4, 0.5) is 5.69 Å². The first kappa shape index (κ1) is 17.2. The van der Waals surface area contributed by atoms with Crippen LogP contribution < -0.4 is 10.5 Å². The van der Waals surface area contributed by atoms with Crippen LogP contribution >= 0.6 is 22.7 Å². The number of hydrogen-bond donors (Lipinski definition) is 2. The Morgan fingerprint density at radius 1 is 1.00 bits per heavy atom. The molecule has 1 amide bonds. The normalized spacial score (nSPS) is 11.9. The fourth-order valence-corrected chi connectivity index (χ4v) is 5.84. The molecule has 2 aromatic carbocycles. The first-order valence-corrected chi connectivity index (χ1v) is 11.1. The van der Waals surface area contributed by atoms with Gasteiger partial charge in [-0.05, 0) is 29.8 Å². The zero-order chi connectivity index (χ0) is 18.3. The summed E-state index contributed by atoms with van der Waals surface area (Å²) in [4.78, 5) is 13.2. The molecule has 0 bridgehead atoms. The molecule has 0 aliphatic heterocycles. The van der Waals surface area contributed by atoms with Crippen LogP contribution in [0, 0.1) is 0 Å². The summed E-state index contributed by atoms with van der Waals surface area (Å²) in [6, 6.07) is 16.7. The van der Waals surface area contributed by atoms with Crippen molar-refractivity contribution in [3.8, 4) is 0 Å². The molecule has 0 unspecified atom stereocenters. The van der Waals surface area contributed by atoms with Crippen molar-refractivity contribution in [2.75, 3.05) is 5.32 Å². The Labute approximate surface area is 158 Å². The van der Waals surface area contributed by atoms with E-state index in [1.54, 1.807) is 35.6 Å². The third-order valence-corrected chi connectivity index (χ3v) is 6.98. The van der Waals surface area contributed by atoms with Crippen molar-refractivity contribution in [1.29, 1.82) is 0 Å². The molecule has 132 valence electrons. The van der Waals surface area contributed by atoms with Gasteiger partial charge in [-0.25, -0.2) is 13.6 Å². The summed E-state index contributed by atoms with van der Waals surface area (Å²) < 4.78 is 25.9. The van der Waals surface area contributed by atoms with Gasteiger partial charge in [0.1, 0.15) is 0 Å². The minimum Gasteiger partial charge on any atom is -0.321 e. The van der Waals surface area contributed by atoms with Crippen LogP contribution in [0.2, 0.25) is 0 Å². The number of amides is 1. The highest BCUT2D eigenvalue weighted by atomic mass is 32.2. The maximum absolute atomic E-state index is 12.6. The standard InChI is InChI=1S/C18H14N2O3S3/c19-26(22,23)10-11-4-3-5-12(8-11)20-18(21)16-9-15-17(25-16)13-6-1-2-7-14(13)24-15/h1-9H,10H2,(H,20,21)(H2,19,22,23). The van der Waals surface area contributed by atoms with Crippen molar-refractivity contribution >= 4 is 63.8 Å². The van der Waals surface area contributed by atoms with Gasteiger partial charge < -0.3 is 5.32 Å². The lowest BCUT2D eigenvalue weighted by Gasteiger charge is -2.06. The number of nitrogens with one attached hydrogen (secondary N) is 1. The largest absolute Gasteiger partial charge is 0.321 e. The molecule has 0 fully saturated rings. The predicted molar refractivity (Wildman–Crippen MR) is 108 cm³/mol. The van der Waals surface area contributed by atoms with E-state index in [0.29, 0.717) is 16.1 Å². The lowest BCUT2D eigenvalue weighted by atomic mass is 10.2. The number of benzene rings is 2. The third-order valence-electron chi connectivity index (χ3n) is 3.83. The summed E-state index contributed by atoms with van der Waals surface area (Å²) in [5.41, 5.74) is 1.07. The number of nitrogens with two attached hydrogens (primary N) is 1. The number of fused-ring (bicyclic) bond motifs is 3. The van der Waals surface area contributed by atoms with Gasteiger partial charge in [0.2, 0.25) is 10.0 Å². The summed E-state index contributed by atoms with van der Waals surface area (Å²) in [5.74, 6) is -0.479. The van der Waals surface area contributed by atoms with Crippen LogP contribution in [0.3, 0.4) is 0 Å². The summed E-state index contributed by atoms with van der Waals surface area (Å²) in [6.45, 7) is 0. The van der Waals surface area contributed by atoms with Crippen LogP contribution in [0.5, 0.6) is 0 Å². The van der Waals surface area contributed by atoms with Crippen molar-refractivity contribution in [3.63, 3.8) is 0 Å². The van der Waals surface area contributed by atoms with Gasteiger partial charge in [0.15, 0.2) is 0 Å². The average Bonchev–Trinajstić information content (AvgIpc) is 3.11. The van der Waals surface area contributed by atoms with Gasteiger partial charge in [-0.1, -0.05) is 30.3 Å². The van der Waals surface area contributed by atoms with Crippen molar-refractivity contribution in [3.05, 3.63) is 65.0 Å². The molecule has 0 saturated heterocycles. The van der Waals surface area contributed by atoms with Crippen molar-refractivity contribution in [1.82, 2.24) is 0 Å². The highest BCUT2D eigenvalue weighted by Gasteiger charge is 2.15. The van der Waals surface area contributed by atoms with Crippen LogP contribution in [0.15, 0.2) is 54.6 Å². The second-order valence-electron chi connectivity index (χ2n) is 5.86. The molecule has 2 heterocycles. The van der Waals surface area contributed by atoms with Gasteiger partial charge in [0, 0.05) is 20.5 Å². The minimum absolute atomic E-state index is 0.213. The first-order chi connectivity index (χ1) is 12.4. The third kappa shape index (κ3) is 3.49. The summed E-state index contributed by atoms with van der Waals surface area (Å²) in [7, 11) is -3.61. The Balaban J connectivity index is 1.60. The summed E-state index contributed by atoms with van der Waals surface area (Å²) in [6.07, 6.45) is 0. The van der Waals surface area contributed by atoms with E-state index >= 15 is 0 Å². The number of rotatable bonds is 4. The smallest absolute Gasteiger partial charge is 0.265 e. The van der Waals surface area contributed by atoms with E-state index < -0.39 is 10.0 Å². The van der Waals surface area contributed by atoms with Gasteiger partial charge in [0.25, 0.3) is 5.91 Å². The molecule has 4 rings (SSSR count). The van der Waals surface area contributed by atoms with Crippen molar-refractivity contribution in [2.45, 2.75) is 5.75 Å². The predicted octanol–water partition coefficient (Wildman–Crippen LogP) is 4.16. The SMILES string of the molecule is NS(=O)(=O)Cc1cccc(NC(=O)c2cc3sc4ccccc4c3s2)c1. The number of primary sulfonamides is 1. The van der Waals surface area contributed by atoms with Crippen LogP contribution in [0.1, 0.15) is 15.2 Å². The van der Waals surface area contributed by atoms with E-state index in [1.807, 2.05) is 18.2 Å². The van der Waals surface area contributed by atoms with Crippen LogP contribution in [-0.2, 0) is 15.8 Å². The Hall–Kier alpha value is -2.26. The van der Waals surface area contributed by atoms with Crippen LogP contribution in [0.25, 0.3) is 19.5 Å². The van der Waals surface area contributed by atoms with E-state index in [2.05, 4.69) is 17.4 Å². The lowest BCUT2D eigenvalue weighted by molar-refractivity contribution is 0.103. The Bertz CT molecular complexity index is 1240. The number of hydrogen-bond acceptors (Lipinski definition) is 5. The highest BCUT2D eigenvalue weighted by molar-refractivity contribution is 7.88. The van der Waals surface area contributed by atoms with Crippen molar-refractivity contribution < 1.29 is 13.2 Å². The molecule has 8 heteroatoms. The van der Waals surface area contributed by atoms with Gasteiger partial charge in [-0.15, -0.1) is 22.7 Å². The molecular formula is C18H14N2O3S3. The molecule has 0 atom stereocenters. The topological polar surface area (TPSA) is 89.3 Å². The fraction of sp³-hybridized carbons (Fsp3) is 0.0556. The molecule has 0 saturated carbocycles. The highest BCUT2D eigenvalue weighted by Crippen LogP contribution is 2.39. The number of sulfonamides is 1. The molecule has 26 heavy (non-hydrogen) atoms. The summed E-state index contributed by atoms with van der Waals surface area (Å²) >= 11 is 3.12. The zero-order valence-electron chi connectivity index (χ0n) is 13.4. The second kappa shape index (κ2) is 6.48. The molecule has 0 spiro atoms. The Morgan fingerprint density at radius 3 is 2.62 bits per heavy atom. The number of thiophene rings is 2. The molecular weight excluding hydrogens is 388 g/mol. The number of carbonyl (C=O) groups is 1.